The molecule has 0 rings (SSSR count). The van der Waals surface area contributed by atoms with E-state index in [9.17, 15) is 9.59 Å². The SMILES string of the molecule is CC(C)(CCl)CC(=O)N/C(=C\CCCCCN=C(N)N)C(=O)O. The Morgan fingerprint density at radius 1 is 1.26 bits per heavy atom. The molecular weight excluding hydrogens is 320 g/mol. The van der Waals surface area contributed by atoms with E-state index in [1.807, 2.05) is 13.8 Å². The number of carbonyl (C=O) groups is 2. The summed E-state index contributed by atoms with van der Waals surface area (Å²) >= 11 is 5.76. The number of halogens is 1. The fourth-order valence-corrected chi connectivity index (χ4v) is 1.85. The van der Waals surface area contributed by atoms with Gasteiger partial charge in [-0.25, -0.2) is 4.79 Å². The van der Waals surface area contributed by atoms with Gasteiger partial charge in [-0.05, 0) is 24.7 Å². The summed E-state index contributed by atoms with van der Waals surface area (Å²) in [4.78, 5) is 26.9. The van der Waals surface area contributed by atoms with Crippen molar-refractivity contribution in [3.05, 3.63) is 11.8 Å². The van der Waals surface area contributed by atoms with Crippen LogP contribution in [0.15, 0.2) is 16.8 Å². The molecule has 0 aliphatic carbocycles. The number of unbranched alkanes of at least 4 members (excludes halogenated alkanes) is 3. The van der Waals surface area contributed by atoms with Crippen LogP contribution in [0.5, 0.6) is 0 Å². The van der Waals surface area contributed by atoms with Crippen LogP contribution < -0.4 is 16.8 Å². The van der Waals surface area contributed by atoms with Gasteiger partial charge in [0, 0.05) is 18.8 Å². The van der Waals surface area contributed by atoms with Crippen LogP contribution in [0.2, 0.25) is 0 Å². The molecule has 8 heteroatoms. The fraction of sp³-hybridized carbons (Fsp3) is 0.667. The molecule has 0 atom stereocenters. The Kier molecular flexibility index (Phi) is 10.0. The van der Waals surface area contributed by atoms with Crippen molar-refractivity contribution in [1.29, 1.82) is 0 Å². The van der Waals surface area contributed by atoms with E-state index >= 15 is 0 Å². The average molecular weight is 347 g/mol. The van der Waals surface area contributed by atoms with Crippen LogP contribution in [0.4, 0.5) is 0 Å². The maximum Gasteiger partial charge on any atom is 0.352 e. The molecule has 0 aromatic heterocycles. The smallest absolute Gasteiger partial charge is 0.352 e. The Balaban J connectivity index is 4.27. The maximum atomic E-state index is 11.9. The van der Waals surface area contributed by atoms with Gasteiger partial charge in [0.1, 0.15) is 5.70 Å². The van der Waals surface area contributed by atoms with Crippen molar-refractivity contribution in [3.63, 3.8) is 0 Å². The first kappa shape index (κ1) is 21.2. The van der Waals surface area contributed by atoms with Gasteiger partial charge >= 0.3 is 5.97 Å². The van der Waals surface area contributed by atoms with Gasteiger partial charge < -0.3 is 21.9 Å². The minimum Gasteiger partial charge on any atom is -0.477 e. The number of aliphatic carboxylic acids is 1. The molecule has 0 spiro atoms. The van der Waals surface area contributed by atoms with E-state index in [4.69, 9.17) is 28.2 Å². The Bertz CT molecular complexity index is 458. The standard InChI is InChI=1S/C15H27ClN4O3/c1-15(2,10-16)9-12(21)20-11(13(22)23)7-5-3-4-6-8-19-14(17)18/h7H,3-6,8-10H2,1-2H3,(H,20,21)(H,22,23)(H4,17,18,19)/b11-7-. The highest BCUT2D eigenvalue weighted by atomic mass is 35.5. The minimum atomic E-state index is -1.15. The number of nitrogens with two attached hydrogens (primary N) is 2. The van der Waals surface area contributed by atoms with E-state index in [2.05, 4.69) is 10.3 Å². The maximum absolute atomic E-state index is 11.9. The Hall–Kier alpha value is -1.76. The van der Waals surface area contributed by atoms with Crippen LogP contribution in [-0.4, -0.2) is 35.4 Å². The number of nitrogens with zero attached hydrogens (tertiary/aromatic N) is 1. The molecule has 6 N–H and O–H groups in total. The summed E-state index contributed by atoms with van der Waals surface area (Å²) in [5, 5.41) is 11.6. The number of nitrogens with one attached hydrogen (secondary N) is 1. The van der Waals surface area contributed by atoms with Crippen molar-refractivity contribution in [2.45, 2.75) is 46.0 Å². The summed E-state index contributed by atoms with van der Waals surface area (Å²) in [7, 11) is 0. The van der Waals surface area contributed by atoms with Gasteiger partial charge in [-0.15, -0.1) is 11.6 Å². The Labute approximate surface area is 142 Å². The van der Waals surface area contributed by atoms with Crippen LogP contribution in [0, 0.1) is 5.41 Å². The number of hydrogen-bond donors (Lipinski definition) is 4. The normalized spacial score (nSPS) is 11.9. The van der Waals surface area contributed by atoms with Crippen LogP contribution in [0.1, 0.15) is 46.0 Å². The van der Waals surface area contributed by atoms with Gasteiger partial charge in [-0.2, -0.15) is 0 Å². The third-order valence-corrected chi connectivity index (χ3v) is 3.73. The van der Waals surface area contributed by atoms with Crippen molar-refractivity contribution in [2.24, 2.45) is 21.9 Å². The molecule has 1 amide bonds. The molecule has 0 heterocycles. The zero-order valence-electron chi connectivity index (χ0n) is 13.8. The lowest BCUT2D eigenvalue weighted by Gasteiger charge is -2.20. The first-order valence-electron chi connectivity index (χ1n) is 7.52. The Morgan fingerprint density at radius 3 is 2.43 bits per heavy atom. The number of amides is 1. The molecule has 0 aliphatic heterocycles. The van der Waals surface area contributed by atoms with Gasteiger partial charge in [0.25, 0.3) is 0 Å². The molecular formula is C15H27ClN4O3. The Morgan fingerprint density at radius 2 is 1.91 bits per heavy atom. The predicted octanol–water partition coefficient (Wildman–Crippen LogP) is 1.56. The molecule has 0 radical (unpaired) electrons. The third kappa shape index (κ3) is 11.5. The molecule has 0 bridgehead atoms. The molecule has 7 nitrogen and oxygen atoms in total. The molecule has 0 saturated heterocycles. The zero-order valence-corrected chi connectivity index (χ0v) is 14.5. The second-order valence-corrected chi connectivity index (χ2v) is 6.37. The topological polar surface area (TPSA) is 131 Å². The molecule has 0 unspecified atom stereocenters. The lowest BCUT2D eigenvalue weighted by molar-refractivity contribution is -0.135. The van der Waals surface area contributed by atoms with Crippen molar-refractivity contribution in [3.8, 4) is 0 Å². The molecule has 0 aromatic carbocycles. The minimum absolute atomic E-state index is 0.0700. The van der Waals surface area contributed by atoms with Gasteiger partial charge in [-0.1, -0.05) is 26.3 Å². The van der Waals surface area contributed by atoms with Crippen molar-refractivity contribution in [1.82, 2.24) is 5.32 Å². The highest BCUT2D eigenvalue weighted by Gasteiger charge is 2.22. The predicted molar refractivity (Wildman–Crippen MR) is 92.1 cm³/mol. The number of allylic oxidation sites excluding steroid dienone is 1. The largest absolute Gasteiger partial charge is 0.477 e. The molecule has 23 heavy (non-hydrogen) atoms. The van der Waals surface area contributed by atoms with Gasteiger partial charge in [-0.3, -0.25) is 9.79 Å². The molecule has 0 saturated carbocycles. The number of alkyl halides is 1. The summed E-state index contributed by atoms with van der Waals surface area (Å²) in [6.45, 7) is 4.25. The van der Waals surface area contributed by atoms with Crippen molar-refractivity contribution < 1.29 is 14.7 Å². The average Bonchev–Trinajstić information content (AvgIpc) is 2.43. The molecule has 0 fully saturated rings. The summed E-state index contributed by atoms with van der Waals surface area (Å²) in [5.74, 6) is -1.11. The first-order chi connectivity index (χ1) is 10.7. The number of hydrogen-bond acceptors (Lipinski definition) is 3. The first-order valence-corrected chi connectivity index (χ1v) is 8.06. The summed E-state index contributed by atoms with van der Waals surface area (Å²) in [6, 6.07) is 0. The summed E-state index contributed by atoms with van der Waals surface area (Å²) in [6.07, 6.45) is 4.73. The van der Waals surface area contributed by atoms with Crippen molar-refractivity contribution in [2.75, 3.05) is 12.4 Å². The zero-order chi connectivity index (χ0) is 17.9. The third-order valence-electron chi connectivity index (χ3n) is 3.01. The summed E-state index contributed by atoms with van der Waals surface area (Å²) < 4.78 is 0. The van der Waals surface area contributed by atoms with E-state index in [0.717, 1.165) is 19.3 Å². The van der Waals surface area contributed by atoms with Gasteiger partial charge in [0.15, 0.2) is 5.96 Å². The van der Waals surface area contributed by atoms with Crippen LogP contribution in [0.25, 0.3) is 0 Å². The van der Waals surface area contributed by atoms with Gasteiger partial charge in [0.2, 0.25) is 5.91 Å². The number of aliphatic imine (C=N–C) groups is 1. The summed E-state index contributed by atoms with van der Waals surface area (Å²) in [5.41, 5.74) is 9.95. The molecule has 132 valence electrons. The number of rotatable bonds is 11. The lowest BCUT2D eigenvalue weighted by atomic mass is 9.91. The van der Waals surface area contributed by atoms with E-state index in [-0.39, 0.29) is 29.4 Å². The number of carboxylic acids is 1. The quantitative estimate of drug-likeness (QED) is 0.148. The van der Waals surface area contributed by atoms with E-state index in [1.54, 1.807) is 0 Å². The molecule has 0 aromatic rings. The second-order valence-electron chi connectivity index (χ2n) is 6.10. The van der Waals surface area contributed by atoms with Crippen molar-refractivity contribution >= 4 is 29.4 Å². The van der Waals surface area contributed by atoms with E-state index in [1.165, 1.54) is 6.08 Å². The highest BCUT2D eigenvalue weighted by molar-refractivity contribution is 6.18. The van der Waals surface area contributed by atoms with Crippen LogP contribution in [0.3, 0.4) is 0 Å². The number of carbonyl (C=O) groups excluding carboxylic acids is 1. The monoisotopic (exact) mass is 346 g/mol. The van der Waals surface area contributed by atoms with Gasteiger partial charge in [0.05, 0.1) is 0 Å². The number of carboxylic acid groups (broad SMARTS) is 1. The lowest BCUT2D eigenvalue weighted by Crippen LogP contribution is -2.31. The fourth-order valence-electron chi connectivity index (χ4n) is 1.76. The van der Waals surface area contributed by atoms with E-state index in [0.29, 0.717) is 18.8 Å². The van der Waals surface area contributed by atoms with Crippen LogP contribution in [-0.2, 0) is 9.59 Å². The number of guanidine groups is 1. The second kappa shape index (κ2) is 10.9. The molecule has 0 aliphatic rings. The highest BCUT2D eigenvalue weighted by Crippen LogP contribution is 2.21. The van der Waals surface area contributed by atoms with Crippen LogP contribution >= 0.6 is 11.6 Å². The van der Waals surface area contributed by atoms with E-state index < -0.39 is 5.97 Å².